The van der Waals surface area contributed by atoms with Crippen molar-refractivity contribution >= 4 is 27.3 Å². The summed E-state index contributed by atoms with van der Waals surface area (Å²) in [5.41, 5.74) is 2.98. The van der Waals surface area contributed by atoms with E-state index < -0.39 is 15.8 Å². The van der Waals surface area contributed by atoms with Gasteiger partial charge in [0.25, 0.3) is 0 Å². The highest BCUT2D eigenvalue weighted by atomic mass is 32.2. The van der Waals surface area contributed by atoms with Crippen molar-refractivity contribution in [3.05, 3.63) is 89.7 Å². The molecule has 0 atom stereocenters. The van der Waals surface area contributed by atoms with Gasteiger partial charge in [0.2, 0.25) is 15.9 Å². The van der Waals surface area contributed by atoms with E-state index in [1.54, 1.807) is 26.0 Å². The molecular formula is C26H30FN3O3S. The van der Waals surface area contributed by atoms with Crippen LogP contribution in [-0.2, 0) is 27.9 Å². The highest BCUT2D eigenvalue weighted by Crippen LogP contribution is 2.28. The molecule has 6 nitrogen and oxygen atoms in total. The van der Waals surface area contributed by atoms with E-state index in [1.165, 1.54) is 16.4 Å². The third kappa shape index (κ3) is 6.21. The van der Waals surface area contributed by atoms with Crippen molar-refractivity contribution in [2.45, 2.75) is 31.8 Å². The molecule has 0 aliphatic rings. The first kappa shape index (κ1) is 25.4. The van der Waals surface area contributed by atoms with E-state index in [0.717, 1.165) is 28.9 Å². The van der Waals surface area contributed by atoms with Crippen LogP contribution in [0, 0.1) is 11.7 Å². The van der Waals surface area contributed by atoms with Gasteiger partial charge >= 0.3 is 0 Å². The largest absolute Gasteiger partial charge is 0.377 e. The van der Waals surface area contributed by atoms with Crippen molar-refractivity contribution < 1.29 is 17.6 Å². The fourth-order valence-corrected chi connectivity index (χ4v) is 4.88. The second-order valence-corrected chi connectivity index (χ2v) is 10.5. The van der Waals surface area contributed by atoms with Gasteiger partial charge in [-0.05, 0) is 53.6 Å². The van der Waals surface area contributed by atoms with Gasteiger partial charge in [0.05, 0.1) is 4.90 Å². The van der Waals surface area contributed by atoms with Crippen molar-refractivity contribution in [1.82, 2.24) is 4.31 Å². The SMILES string of the molecule is CC(C)C(=O)Nc1ccc(N(C)C)c(CN(Cc2ccccc2)S(=O)(=O)c2ccc(F)cc2)c1. The first-order valence-corrected chi connectivity index (χ1v) is 12.4. The number of hydrogen-bond acceptors (Lipinski definition) is 4. The van der Waals surface area contributed by atoms with Gasteiger partial charge in [-0.1, -0.05) is 44.2 Å². The van der Waals surface area contributed by atoms with Crippen molar-refractivity contribution in [3.8, 4) is 0 Å². The smallest absolute Gasteiger partial charge is 0.243 e. The maximum Gasteiger partial charge on any atom is 0.243 e. The fraction of sp³-hybridized carbons (Fsp3) is 0.269. The highest BCUT2D eigenvalue weighted by Gasteiger charge is 2.26. The van der Waals surface area contributed by atoms with Gasteiger partial charge in [-0.15, -0.1) is 0 Å². The summed E-state index contributed by atoms with van der Waals surface area (Å²) in [7, 11) is -0.193. The number of halogens is 1. The number of sulfonamides is 1. The second kappa shape index (κ2) is 10.8. The number of amides is 1. The van der Waals surface area contributed by atoms with E-state index in [1.807, 2.05) is 55.4 Å². The molecule has 1 N–H and O–H groups in total. The van der Waals surface area contributed by atoms with Crippen LogP contribution in [0.2, 0.25) is 0 Å². The number of hydrogen-bond donors (Lipinski definition) is 1. The standard InChI is InChI=1S/C26H30FN3O3S/c1-19(2)26(31)28-23-12-15-25(29(3)4)21(16-23)18-30(17-20-8-6-5-7-9-20)34(32,33)24-13-10-22(27)11-14-24/h5-16,19H,17-18H2,1-4H3,(H,28,31). The zero-order valence-corrected chi connectivity index (χ0v) is 20.6. The molecule has 8 heteroatoms. The quantitative estimate of drug-likeness (QED) is 0.471. The number of carbonyl (C=O) groups excluding carboxylic acids is 1. The summed E-state index contributed by atoms with van der Waals surface area (Å²) in [6.07, 6.45) is 0. The minimum Gasteiger partial charge on any atom is -0.377 e. The van der Waals surface area contributed by atoms with Crippen LogP contribution in [0.15, 0.2) is 77.7 Å². The molecule has 0 bridgehead atoms. The zero-order valence-electron chi connectivity index (χ0n) is 19.8. The third-order valence-corrected chi connectivity index (χ3v) is 7.16. The predicted octanol–water partition coefficient (Wildman–Crippen LogP) is 4.88. The molecule has 3 rings (SSSR count). The molecule has 3 aromatic rings. The molecule has 0 unspecified atom stereocenters. The van der Waals surface area contributed by atoms with Gasteiger partial charge in [0.1, 0.15) is 5.82 Å². The average Bonchev–Trinajstić information content (AvgIpc) is 2.79. The molecule has 34 heavy (non-hydrogen) atoms. The van der Waals surface area contributed by atoms with E-state index in [9.17, 15) is 17.6 Å². The summed E-state index contributed by atoms with van der Waals surface area (Å²) in [6, 6.07) is 19.6. The van der Waals surface area contributed by atoms with Gasteiger partial charge in [0, 0.05) is 44.5 Å². The van der Waals surface area contributed by atoms with Crippen molar-refractivity contribution in [1.29, 1.82) is 0 Å². The lowest BCUT2D eigenvalue weighted by Crippen LogP contribution is -2.31. The van der Waals surface area contributed by atoms with Crippen molar-refractivity contribution in [3.63, 3.8) is 0 Å². The van der Waals surface area contributed by atoms with Gasteiger partial charge in [-0.25, -0.2) is 12.8 Å². The summed E-state index contributed by atoms with van der Waals surface area (Å²) in [4.78, 5) is 14.1. The maximum atomic E-state index is 13.6. The molecule has 3 aromatic carbocycles. The number of benzene rings is 3. The monoisotopic (exact) mass is 483 g/mol. The molecule has 0 heterocycles. The van der Waals surface area contributed by atoms with Crippen LogP contribution in [-0.4, -0.2) is 32.7 Å². The van der Waals surface area contributed by atoms with Crippen LogP contribution in [0.25, 0.3) is 0 Å². The molecule has 0 radical (unpaired) electrons. The van der Waals surface area contributed by atoms with Crippen molar-refractivity contribution in [2.24, 2.45) is 5.92 Å². The lowest BCUT2D eigenvalue weighted by Gasteiger charge is -2.26. The summed E-state index contributed by atoms with van der Waals surface area (Å²) in [5, 5.41) is 2.88. The molecule has 0 saturated carbocycles. The lowest BCUT2D eigenvalue weighted by molar-refractivity contribution is -0.118. The van der Waals surface area contributed by atoms with Gasteiger partial charge in [-0.3, -0.25) is 4.79 Å². The molecule has 0 aliphatic carbocycles. The first-order chi connectivity index (χ1) is 16.1. The van der Waals surface area contributed by atoms with E-state index in [4.69, 9.17) is 0 Å². The van der Waals surface area contributed by atoms with Crippen LogP contribution >= 0.6 is 0 Å². The minimum absolute atomic E-state index is 0.0144. The Morgan fingerprint density at radius 3 is 2.18 bits per heavy atom. The Morgan fingerprint density at radius 1 is 0.941 bits per heavy atom. The van der Waals surface area contributed by atoms with Crippen LogP contribution < -0.4 is 10.2 Å². The average molecular weight is 484 g/mol. The zero-order chi connectivity index (χ0) is 24.9. The number of nitrogens with one attached hydrogen (secondary N) is 1. The molecule has 0 fully saturated rings. The topological polar surface area (TPSA) is 69.7 Å². The first-order valence-electron chi connectivity index (χ1n) is 11.0. The van der Waals surface area contributed by atoms with Crippen LogP contribution in [0.3, 0.4) is 0 Å². The summed E-state index contributed by atoms with van der Waals surface area (Å²) >= 11 is 0. The lowest BCUT2D eigenvalue weighted by atomic mass is 10.1. The second-order valence-electron chi connectivity index (χ2n) is 8.59. The molecule has 0 aliphatic heterocycles. The normalized spacial score (nSPS) is 11.6. The Balaban J connectivity index is 2.04. The predicted molar refractivity (Wildman–Crippen MR) is 134 cm³/mol. The number of carbonyl (C=O) groups is 1. The maximum absolute atomic E-state index is 13.6. The molecule has 0 aromatic heterocycles. The van der Waals surface area contributed by atoms with Crippen LogP contribution in [0.4, 0.5) is 15.8 Å². The Labute approximate surface area is 201 Å². The van der Waals surface area contributed by atoms with Crippen LogP contribution in [0.1, 0.15) is 25.0 Å². The summed E-state index contributed by atoms with van der Waals surface area (Å²) in [5.74, 6) is -0.814. The highest BCUT2D eigenvalue weighted by molar-refractivity contribution is 7.89. The third-order valence-electron chi connectivity index (χ3n) is 5.35. The summed E-state index contributed by atoms with van der Waals surface area (Å²) < 4.78 is 42.0. The molecule has 1 amide bonds. The van der Waals surface area contributed by atoms with Crippen molar-refractivity contribution in [2.75, 3.05) is 24.3 Å². The van der Waals surface area contributed by atoms with Gasteiger partial charge in [0.15, 0.2) is 0 Å². The van der Waals surface area contributed by atoms with Crippen LogP contribution in [0.5, 0.6) is 0 Å². The minimum atomic E-state index is -3.95. The Kier molecular flexibility index (Phi) is 8.06. The molecule has 0 spiro atoms. The summed E-state index contributed by atoms with van der Waals surface area (Å²) in [6.45, 7) is 3.81. The number of nitrogens with zero attached hydrogens (tertiary/aromatic N) is 2. The van der Waals surface area contributed by atoms with E-state index in [-0.39, 0.29) is 29.8 Å². The van der Waals surface area contributed by atoms with E-state index in [2.05, 4.69) is 5.32 Å². The fourth-order valence-electron chi connectivity index (χ4n) is 3.47. The number of anilines is 2. The Morgan fingerprint density at radius 2 is 1.59 bits per heavy atom. The van der Waals surface area contributed by atoms with Gasteiger partial charge < -0.3 is 10.2 Å². The Hall–Kier alpha value is -3.23. The van der Waals surface area contributed by atoms with E-state index in [0.29, 0.717) is 5.69 Å². The Bertz CT molecular complexity index is 1230. The number of rotatable bonds is 9. The molecule has 180 valence electrons. The van der Waals surface area contributed by atoms with E-state index >= 15 is 0 Å². The molecule has 0 saturated heterocycles. The molecular weight excluding hydrogens is 453 g/mol. The van der Waals surface area contributed by atoms with Gasteiger partial charge in [-0.2, -0.15) is 4.31 Å².